The Morgan fingerprint density at radius 1 is 1.29 bits per heavy atom. The molecule has 0 saturated heterocycles. The molecule has 1 fully saturated rings. The zero-order chi connectivity index (χ0) is 12.6. The fourth-order valence-electron chi connectivity index (χ4n) is 3.10. The van der Waals surface area contributed by atoms with E-state index in [1.807, 2.05) is 14.2 Å². The highest BCUT2D eigenvalue weighted by atomic mass is 16.5. The summed E-state index contributed by atoms with van der Waals surface area (Å²) in [6.45, 7) is 0. The molecule has 0 aromatic heterocycles. The van der Waals surface area contributed by atoms with E-state index in [1.54, 1.807) is 0 Å². The molecule has 0 aromatic carbocycles. The van der Waals surface area contributed by atoms with Crippen LogP contribution in [0.4, 0.5) is 0 Å². The number of nitrogens with one attached hydrogen (secondary N) is 1. The summed E-state index contributed by atoms with van der Waals surface area (Å²) in [7, 11) is 3.92. The van der Waals surface area contributed by atoms with Crippen LogP contribution in [-0.2, 0) is 4.74 Å². The molecule has 0 amide bonds. The molecule has 0 radical (unpaired) electrons. The van der Waals surface area contributed by atoms with Crippen molar-refractivity contribution in [2.24, 2.45) is 0 Å². The van der Waals surface area contributed by atoms with Gasteiger partial charge in [-0.15, -0.1) is 12.3 Å². The molecule has 2 heteroatoms. The Morgan fingerprint density at radius 2 is 1.94 bits per heavy atom. The van der Waals surface area contributed by atoms with E-state index in [4.69, 9.17) is 11.2 Å². The van der Waals surface area contributed by atoms with Crippen LogP contribution in [0.5, 0.6) is 0 Å². The second-order valence-electron chi connectivity index (χ2n) is 5.12. The van der Waals surface area contributed by atoms with Crippen LogP contribution in [0.15, 0.2) is 0 Å². The number of hydrogen-bond acceptors (Lipinski definition) is 2. The maximum atomic E-state index is 5.93. The maximum absolute atomic E-state index is 5.93. The van der Waals surface area contributed by atoms with Gasteiger partial charge < -0.3 is 10.1 Å². The molecule has 1 saturated carbocycles. The highest BCUT2D eigenvalue weighted by Gasteiger charge is 2.37. The summed E-state index contributed by atoms with van der Waals surface area (Å²) in [4.78, 5) is 0. The summed E-state index contributed by atoms with van der Waals surface area (Å²) in [5.74, 6) is 2.72. The molecule has 1 aliphatic rings. The van der Waals surface area contributed by atoms with Gasteiger partial charge in [-0.3, -0.25) is 0 Å². The molecule has 1 N–H and O–H groups in total. The van der Waals surface area contributed by atoms with Crippen molar-refractivity contribution in [1.82, 2.24) is 5.32 Å². The van der Waals surface area contributed by atoms with Gasteiger partial charge in [-0.2, -0.15) is 0 Å². The molecule has 0 aromatic rings. The molecule has 17 heavy (non-hydrogen) atoms. The monoisotopic (exact) mass is 237 g/mol. The third-order valence-electron chi connectivity index (χ3n) is 4.15. The number of rotatable bonds is 6. The minimum absolute atomic E-state index is 0.0415. The van der Waals surface area contributed by atoms with Crippen molar-refractivity contribution < 1.29 is 4.74 Å². The van der Waals surface area contributed by atoms with E-state index in [0.29, 0.717) is 6.04 Å². The molecule has 0 aliphatic heterocycles. The molecule has 1 aliphatic carbocycles. The summed E-state index contributed by atoms with van der Waals surface area (Å²) in [5.41, 5.74) is 0.0415. The molecule has 98 valence electrons. The average Bonchev–Trinajstić information content (AvgIpc) is 2.61. The number of ether oxygens (including phenoxy) is 1. The molecule has 0 spiro atoms. The van der Waals surface area contributed by atoms with Gasteiger partial charge in [-0.25, -0.2) is 0 Å². The van der Waals surface area contributed by atoms with Crippen molar-refractivity contribution in [2.45, 2.75) is 69.4 Å². The lowest BCUT2D eigenvalue weighted by Gasteiger charge is -2.39. The fourth-order valence-corrected chi connectivity index (χ4v) is 3.10. The van der Waals surface area contributed by atoms with Crippen molar-refractivity contribution in [3.63, 3.8) is 0 Å². The molecule has 0 heterocycles. The normalized spacial score (nSPS) is 21.5. The minimum Gasteiger partial charge on any atom is -0.377 e. The first-order valence-electron chi connectivity index (χ1n) is 6.95. The number of terminal acetylenes is 1. The van der Waals surface area contributed by atoms with Gasteiger partial charge in [0.2, 0.25) is 0 Å². The maximum Gasteiger partial charge on any atom is 0.0830 e. The lowest BCUT2D eigenvalue weighted by Crippen LogP contribution is -2.50. The molecule has 1 unspecified atom stereocenters. The van der Waals surface area contributed by atoms with Gasteiger partial charge in [-0.05, 0) is 32.7 Å². The van der Waals surface area contributed by atoms with Crippen LogP contribution in [0, 0.1) is 12.3 Å². The second kappa shape index (κ2) is 7.74. The zero-order valence-electron chi connectivity index (χ0n) is 11.4. The van der Waals surface area contributed by atoms with Crippen molar-refractivity contribution in [3.8, 4) is 12.3 Å². The summed E-state index contributed by atoms with van der Waals surface area (Å²) in [6, 6.07) is 0.443. The Morgan fingerprint density at radius 3 is 2.41 bits per heavy atom. The number of hydrogen-bond donors (Lipinski definition) is 1. The van der Waals surface area contributed by atoms with E-state index in [2.05, 4.69) is 11.2 Å². The first kappa shape index (κ1) is 14.5. The zero-order valence-corrected chi connectivity index (χ0v) is 11.4. The molecule has 1 atom stereocenters. The van der Waals surface area contributed by atoms with Gasteiger partial charge in [0.25, 0.3) is 0 Å². The van der Waals surface area contributed by atoms with Crippen LogP contribution in [0.1, 0.15) is 57.8 Å². The Bertz CT molecular complexity index is 236. The molecule has 0 bridgehead atoms. The highest BCUT2D eigenvalue weighted by Crippen LogP contribution is 2.34. The smallest absolute Gasteiger partial charge is 0.0830 e. The minimum atomic E-state index is 0.0415. The summed E-state index contributed by atoms with van der Waals surface area (Å²) >= 11 is 0. The Kier molecular flexibility index (Phi) is 6.62. The van der Waals surface area contributed by atoms with E-state index in [-0.39, 0.29) is 5.60 Å². The van der Waals surface area contributed by atoms with Crippen LogP contribution in [0.2, 0.25) is 0 Å². The van der Waals surface area contributed by atoms with Gasteiger partial charge in [-0.1, -0.05) is 25.7 Å². The van der Waals surface area contributed by atoms with Gasteiger partial charge in [0.1, 0.15) is 0 Å². The van der Waals surface area contributed by atoms with E-state index in [9.17, 15) is 0 Å². The van der Waals surface area contributed by atoms with Crippen LogP contribution >= 0.6 is 0 Å². The number of methoxy groups -OCH3 is 1. The molecule has 1 rings (SSSR count). The number of unbranched alkanes of at least 4 members (excludes halogenated alkanes) is 1. The molecular weight excluding hydrogens is 210 g/mol. The summed E-state index contributed by atoms with van der Waals surface area (Å²) in [6.07, 6.45) is 16.1. The van der Waals surface area contributed by atoms with Gasteiger partial charge >= 0.3 is 0 Å². The standard InChI is InChI=1S/C15H27NO/c1-4-5-8-11-14(16-2)15(17-3)12-9-6-7-10-13-15/h1,14,16H,5-13H2,2-3H3. The quantitative estimate of drug-likeness (QED) is 0.435. The first-order chi connectivity index (χ1) is 8.29. The molecule has 2 nitrogen and oxygen atoms in total. The molecular formula is C15H27NO. The third kappa shape index (κ3) is 4.01. The lowest BCUT2D eigenvalue weighted by atomic mass is 9.83. The Labute approximate surface area is 107 Å². The fraction of sp³-hybridized carbons (Fsp3) is 0.867. The van der Waals surface area contributed by atoms with Crippen molar-refractivity contribution in [1.29, 1.82) is 0 Å². The first-order valence-corrected chi connectivity index (χ1v) is 6.95. The van der Waals surface area contributed by atoms with Crippen LogP contribution < -0.4 is 5.32 Å². The van der Waals surface area contributed by atoms with E-state index in [1.165, 1.54) is 38.5 Å². The Balaban J connectivity index is 2.62. The van der Waals surface area contributed by atoms with Crippen LogP contribution in [-0.4, -0.2) is 25.8 Å². The predicted octanol–water partition coefficient (Wildman–Crippen LogP) is 3.12. The van der Waals surface area contributed by atoms with Gasteiger partial charge in [0.05, 0.1) is 5.60 Å². The topological polar surface area (TPSA) is 21.3 Å². The largest absolute Gasteiger partial charge is 0.377 e. The number of likely N-dealkylation sites (N-methyl/N-ethyl adjacent to an activating group) is 1. The third-order valence-corrected chi connectivity index (χ3v) is 4.15. The Hall–Kier alpha value is -0.520. The summed E-state index contributed by atoms with van der Waals surface area (Å²) < 4.78 is 5.93. The van der Waals surface area contributed by atoms with Gasteiger partial charge in [0.15, 0.2) is 0 Å². The summed E-state index contributed by atoms with van der Waals surface area (Å²) in [5, 5.41) is 3.46. The predicted molar refractivity (Wildman–Crippen MR) is 73.0 cm³/mol. The lowest BCUT2D eigenvalue weighted by molar-refractivity contribution is -0.0533. The average molecular weight is 237 g/mol. The van der Waals surface area contributed by atoms with E-state index in [0.717, 1.165) is 19.3 Å². The highest BCUT2D eigenvalue weighted by molar-refractivity contribution is 4.94. The van der Waals surface area contributed by atoms with Gasteiger partial charge in [0, 0.05) is 19.6 Å². The van der Waals surface area contributed by atoms with E-state index < -0.39 is 0 Å². The van der Waals surface area contributed by atoms with E-state index >= 15 is 0 Å². The van der Waals surface area contributed by atoms with Crippen molar-refractivity contribution in [2.75, 3.05) is 14.2 Å². The van der Waals surface area contributed by atoms with Crippen LogP contribution in [0.3, 0.4) is 0 Å². The SMILES string of the molecule is C#CCCCC(NC)C1(OC)CCCCCC1. The second-order valence-corrected chi connectivity index (χ2v) is 5.12. The van der Waals surface area contributed by atoms with Crippen LogP contribution in [0.25, 0.3) is 0 Å². The van der Waals surface area contributed by atoms with Crippen molar-refractivity contribution >= 4 is 0 Å². The van der Waals surface area contributed by atoms with Crippen molar-refractivity contribution in [3.05, 3.63) is 0 Å².